The van der Waals surface area contributed by atoms with E-state index in [1.165, 1.54) is 12.1 Å². The average Bonchev–Trinajstić information content (AvgIpc) is 2.60. The van der Waals surface area contributed by atoms with Crippen molar-refractivity contribution in [2.45, 2.75) is 25.7 Å². The van der Waals surface area contributed by atoms with Crippen LogP contribution in [-0.4, -0.2) is 24.2 Å². The minimum absolute atomic E-state index is 0.0171. The van der Waals surface area contributed by atoms with E-state index >= 15 is 0 Å². The molecule has 0 aromatic heterocycles. The number of rotatable bonds is 5. The molecule has 2 aromatic rings. The Labute approximate surface area is 145 Å². The largest absolute Gasteiger partial charge is 0.396 e. The third-order valence-corrected chi connectivity index (χ3v) is 4.70. The second-order valence-corrected chi connectivity index (χ2v) is 6.45. The molecule has 0 aliphatic carbocycles. The summed E-state index contributed by atoms with van der Waals surface area (Å²) >= 11 is 0. The molecular formula is C20H21F2NO2. The molecule has 1 fully saturated rings. The highest BCUT2D eigenvalue weighted by Gasteiger charge is 2.28. The van der Waals surface area contributed by atoms with E-state index in [4.69, 9.17) is 0 Å². The van der Waals surface area contributed by atoms with Gasteiger partial charge < -0.3 is 10.0 Å². The van der Waals surface area contributed by atoms with Gasteiger partial charge in [-0.15, -0.1) is 0 Å². The maximum absolute atomic E-state index is 13.9. The highest BCUT2D eigenvalue weighted by Crippen LogP contribution is 2.29. The van der Waals surface area contributed by atoms with Crippen LogP contribution in [0.2, 0.25) is 0 Å². The molecule has 2 aromatic carbocycles. The van der Waals surface area contributed by atoms with Crippen LogP contribution in [0.25, 0.3) is 0 Å². The summed E-state index contributed by atoms with van der Waals surface area (Å²) in [5.74, 6) is -0.968. The van der Waals surface area contributed by atoms with Crippen LogP contribution in [0.5, 0.6) is 0 Å². The lowest BCUT2D eigenvalue weighted by molar-refractivity contribution is -0.120. The maximum Gasteiger partial charge on any atom is 0.227 e. The Balaban J connectivity index is 1.79. The number of aliphatic hydroxyl groups excluding tert-OH is 1. The third kappa shape index (κ3) is 4.04. The quantitative estimate of drug-likeness (QED) is 0.901. The van der Waals surface area contributed by atoms with Crippen molar-refractivity contribution >= 4 is 11.6 Å². The number of benzene rings is 2. The number of para-hydroxylation sites is 1. The summed E-state index contributed by atoms with van der Waals surface area (Å²) in [5.41, 5.74) is 2.21. The van der Waals surface area contributed by atoms with Crippen molar-refractivity contribution in [2.24, 2.45) is 5.92 Å². The van der Waals surface area contributed by atoms with Gasteiger partial charge in [-0.05, 0) is 48.4 Å². The summed E-state index contributed by atoms with van der Waals surface area (Å²) in [5, 5.41) is 9.23. The Morgan fingerprint density at radius 2 is 1.92 bits per heavy atom. The van der Waals surface area contributed by atoms with Crippen LogP contribution in [-0.2, 0) is 17.6 Å². The molecular weight excluding hydrogens is 324 g/mol. The van der Waals surface area contributed by atoms with E-state index in [1.807, 2.05) is 24.3 Å². The zero-order valence-corrected chi connectivity index (χ0v) is 13.9. The second-order valence-electron chi connectivity index (χ2n) is 6.45. The number of aliphatic hydroxyl groups is 1. The maximum atomic E-state index is 13.9. The Morgan fingerprint density at radius 1 is 1.12 bits per heavy atom. The highest BCUT2D eigenvalue weighted by atomic mass is 19.1. The lowest BCUT2D eigenvalue weighted by atomic mass is 9.90. The van der Waals surface area contributed by atoms with Crippen LogP contribution in [0.15, 0.2) is 42.5 Å². The molecule has 1 aliphatic heterocycles. The molecule has 132 valence electrons. The van der Waals surface area contributed by atoms with Crippen LogP contribution >= 0.6 is 0 Å². The monoisotopic (exact) mass is 345 g/mol. The van der Waals surface area contributed by atoms with Gasteiger partial charge in [0.15, 0.2) is 0 Å². The van der Waals surface area contributed by atoms with Gasteiger partial charge >= 0.3 is 0 Å². The lowest BCUT2D eigenvalue weighted by Gasteiger charge is -2.34. The summed E-state index contributed by atoms with van der Waals surface area (Å²) in [7, 11) is 0. The Kier molecular flexibility index (Phi) is 5.43. The van der Waals surface area contributed by atoms with E-state index in [2.05, 4.69) is 0 Å². The first-order chi connectivity index (χ1) is 12.1. The molecule has 1 unspecified atom stereocenters. The van der Waals surface area contributed by atoms with Gasteiger partial charge in [0.05, 0.1) is 0 Å². The minimum Gasteiger partial charge on any atom is -0.396 e. The van der Waals surface area contributed by atoms with Crippen LogP contribution < -0.4 is 4.90 Å². The van der Waals surface area contributed by atoms with Gasteiger partial charge in [-0.1, -0.05) is 24.3 Å². The number of carbonyl (C=O) groups excluding carboxylic acids is 1. The summed E-state index contributed by atoms with van der Waals surface area (Å²) < 4.78 is 27.0. The first kappa shape index (κ1) is 17.5. The summed E-state index contributed by atoms with van der Waals surface area (Å²) in [4.78, 5) is 14.1. The van der Waals surface area contributed by atoms with E-state index < -0.39 is 11.6 Å². The molecule has 1 atom stereocenters. The summed E-state index contributed by atoms with van der Waals surface area (Å²) in [6, 6.07) is 11.2. The van der Waals surface area contributed by atoms with E-state index in [1.54, 1.807) is 4.90 Å². The van der Waals surface area contributed by atoms with Gasteiger partial charge in [0.1, 0.15) is 11.6 Å². The molecule has 1 heterocycles. The molecule has 3 nitrogen and oxygen atoms in total. The van der Waals surface area contributed by atoms with Crippen molar-refractivity contribution < 1.29 is 18.7 Å². The second kappa shape index (κ2) is 7.74. The standard InChI is InChI=1S/C20H21F2NO2/c21-17-7-6-16(18(22)12-17)11-14-5-8-20(25)23(13-14)19-4-2-1-3-15(19)9-10-24/h1-4,6-7,12,14,24H,5,8-11,13H2. The highest BCUT2D eigenvalue weighted by molar-refractivity contribution is 5.94. The normalized spacial score (nSPS) is 17.8. The van der Waals surface area contributed by atoms with Crippen molar-refractivity contribution in [3.8, 4) is 0 Å². The Hall–Kier alpha value is -2.27. The van der Waals surface area contributed by atoms with Crippen molar-refractivity contribution in [3.63, 3.8) is 0 Å². The van der Waals surface area contributed by atoms with Crippen LogP contribution in [0.1, 0.15) is 24.0 Å². The first-order valence-corrected chi connectivity index (χ1v) is 8.51. The third-order valence-electron chi connectivity index (χ3n) is 4.70. The van der Waals surface area contributed by atoms with Crippen molar-refractivity contribution in [1.82, 2.24) is 0 Å². The molecule has 0 bridgehead atoms. The molecule has 0 radical (unpaired) electrons. The predicted molar refractivity (Wildman–Crippen MR) is 92.4 cm³/mol. The van der Waals surface area contributed by atoms with Crippen LogP contribution in [0, 0.1) is 17.6 Å². The van der Waals surface area contributed by atoms with Crippen LogP contribution in [0.3, 0.4) is 0 Å². The van der Waals surface area contributed by atoms with Crippen molar-refractivity contribution in [2.75, 3.05) is 18.1 Å². The number of carbonyl (C=O) groups is 1. The van der Waals surface area contributed by atoms with Crippen molar-refractivity contribution in [3.05, 3.63) is 65.2 Å². The first-order valence-electron chi connectivity index (χ1n) is 8.51. The van der Waals surface area contributed by atoms with Gasteiger partial charge in [-0.25, -0.2) is 8.78 Å². The zero-order valence-electron chi connectivity index (χ0n) is 13.9. The van der Waals surface area contributed by atoms with Gasteiger partial charge in [-0.3, -0.25) is 4.79 Å². The van der Waals surface area contributed by atoms with E-state index in [-0.39, 0.29) is 18.4 Å². The van der Waals surface area contributed by atoms with Crippen LogP contribution in [0.4, 0.5) is 14.5 Å². The Morgan fingerprint density at radius 3 is 2.68 bits per heavy atom. The minimum atomic E-state index is -0.584. The molecule has 1 saturated heterocycles. The molecule has 3 rings (SSSR count). The molecule has 0 saturated carbocycles. The fourth-order valence-corrected chi connectivity index (χ4v) is 3.42. The average molecular weight is 345 g/mol. The van der Waals surface area contributed by atoms with Gasteiger partial charge in [0.2, 0.25) is 5.91 Å². The number of hydrogen-bond acceptors (Lipinski definition) is 2. The van der Waals surface area contributed by atoms with Gasteiger partial charge in [0.25, 0.3) is 0 Å². The molecule has 0 spiro atoms. The van der Waals surface area contributed by atoms with Gasteiger partial charge in [0, 0.05) is 31.3 Å². The van der Waals surface area contributed by atoms with Crippen molar-refractivity contribution in [1.29, 1.82) is 0 Å². The Bertz CT molecular complexity index is 763. The number of anilines is 1. The lowest BCUT2D eigenvalue weighted by Crippen LogP contribution is -2.41. The molecule has 1 aliphatic rings. The topological polar surface area (TPSA) is 40.5 Å². The smallest absolute Gasteiger partial charge is 0.227 e. The number of hydrogen-bond donors (Lipinski definition) is 1. The molecule has 25 heavy (non-hydrogen) atoms. The van der Waals surface area contributed by atoms with E-state index in [0.29, 0.717) is 37.8 Å². The number of amides is 1. The zero-order chi connectivity index (χ0) is 17.8. The molecule has 1 N–H and O–H groups in total. The summed E-state index contributed by atoms with van der Waals surface area (Å²) in [6.07, 6.45) is 2.05. The molecule has 5 heteroatoms. The number of halogens is 2. The fourth-order valence-electron chi connectivity index (χ4n) is 3.42. The number of piperidine rings is 1. The van der Waals surface area contributed by atoms with Gasteiger partial charge in [-0.2, -0.15) is 0 Å². The van der Waals surface area contributed by atoms with E-state index in [9.17, 15) is 18.7 Å². The number of nitrogens with zero attached hydrogens (tertiary/aromatic N) is 1. The van der Waals surface area contributed by atoms with E-state index in [0.717, 1.165) is 17.3 Å². The predicted octanol–water partition coefficient (Wildman–Crippen LogP) is 3.49. The SMILES string of the molecule is O=C1CCC(Cc2ccc(F)cc2F)CN1c1ccccc1CCO. The fraction of sp³-hybridized carbons (Fsp3) is 0.350. The summed E-state index contributed by atoms with van der Waals surface area (Å²) in [6.45, 7) is 0.515. The molecule has 1 amide bonds.